The topological polar surface area (TPSA) is 95.3 Å². The Balaban J connectivity index is 1.39. The van der Waals surface area contributed by atoms with Crippen LogP contribution in [0.5, 0.6) is 5.75 Å². The van der Waals surface area contributed by atoms with Gasteiger partial charge in [0.05, 0.1) is 18.4 Å². The molecule has 1 unspecified atom stereocenters. The van der Waals surface area contributed by atoms with Crippen LogP contribution in [0.2, 0.25) is 0 Å². The molecule has 0 bridgehead atoms. The number of anilines is 1. The number of hydrogen-bond acceptors (Lipinski definition) is 8. The molecule has 0 saturated heterocycles. The number of nitrogens with zero attached hydrogens (tertiary/aromatic N) is 3. The Labute approximate surface area is 219 Å². The Hall–Kier alpha value is -2.85. The summed E-state index contributed by atoms with van der Waals surface area (Å²) in [6.07, 6.45) is 5.73. The number of methoxy groups -OCH3 is 1. The number of thioether (sulfide) groups is 1. The maximum Gasteiger partial charge on any atom is 0.341 e. The number of rotatable bonds is 9. The van der Waals surface area contributed by atoms with Gasteiger partial charge in [0, 0.05) is 11.9 Å². The second-order valence-corrected chi connectivity index (χ2v) is 10.8. The monoisotopic (exact) mass is 528 g/mol. The Morgan fingerprint density at radius 2 is 1.92 bits per heavy atom. The maximum atomic E-state index is 12.8. The van der Waals surface area contributed by atoms with Gasteiger partial charge in [0.2, 0.25) is 5.91 Å². The lowest BCUT2D eigenvalue weighted by Crippen LogP contribution is -2.17. The van der Waals surface area contributed by atoms with Crippen LogP contribution in [-0.4, -0.2) is 39.5 Å². The fourth-order valence-electron chi connectivity index (χ4n) is 4.31. The summed E-state index contributed by atoms with van der Waals surface area (Å²) in [5.74, 6) is 0.989. The summed E-state index contributed by atoms with van der Waals surface area (Å²) >= 11 is 2.78. The van der Waals surface area contributed by atoms with Crippen molar-refractivity contribution in [3.63, 3.8) is 0 Å². The third-order valence-electron chi connectivity index (χ3n) is 6.27. The number of amides is 1. The molecule has 0 fully saturated rings. The number of benzene rings is 1. The lowest BCUT2D eigenvalue weighted by atomic mass is 10.1. The minimum atomic E-state index is -0.395. The van der Waals surface area contributed by atoms with Crippen molar-refractivity contribution in [2.75, 3.05) is 18.2 Å². The fourth-order valence-corrected chi connectivity index (χ4v) is 6.32. The first kappa shape index (κ1) is 26.2. The average molecular weight is 529 g/mol. The minimum Gasteiger partial charge on any atom is -0.483 e. The molecule has 0 spiro atoms. The summed E-state index contributed by atoms with van der Waals surface area (Å²) in [4.78, 5) is 26.5. The number of ether oxygens (including phenoxy) is 2. The van der Waals surface area contributed by atoms with Crippen molar-refractivity contribution in [3.8, 4) is 5.75 Å². The quantitative estimate of drug-likeness (QED) is 0.227. The minimum absolute atomic E-state index is 0.142. The predicted molar refractivity (Wildman–Crippen MR) is 142 cm³/mol. The Bertz CT molecular complexity index is 1220. The molecule has 192 valence electrons. The van der Waals surface area contributed by atoms with Crippen molar-refractivity contribution in [2.45, 2.75) is 63.6 Å². The lowest BCUT2D eigenvalue weighted by Gasteiger charge is -2.14. The van der Waals surface area contributed by atoms with Crippen LogP contribution in [0.15, 0.2) is 29.4 Å². The summed E-state index contributed by atoms with van der Waals surface area (Å²) in [5, 5.41) is 12.7. The van der Waals surface area contributed by atoms with E-state index in [2.05, 4.69) is 34.6 Å². The van der Waals surface area contributed by atoms with Gasteiger partial charge in [0.1, 0.15) is 10.8 Å². The van der Waals surface area contributed by atoms with Crippen LogP contribution < -0.4 is 10.1 Å². The van der Waals surface area contributed by atoms with Crippen molar-refractivity contribution >= 4 is 40.0 Å². The third kappa shape index (κ3) is 5.92. The van der Waals surface area contributed by atoms with Gasteiger partial charge in [-0.2, -0.15) is 0 Å². The summed E-state index contributed by atoms with van der Waals surface area (Å²) < 4.78 is 12.9. The van der Waals surface area contributed by atoms with E-state index in [4.69, 9.17) is 9.47 Å². The summed E-state index contributed by atoms with van der Waals surface area (Å²) in [6.45, 7) is 4.04. The Morgan fingerprint density at radius 1 is 1.17 bits per heavy atom. The average Bonchev–Trinajstić information content (AvgIpc) is 3.32. The molecule has 0 aliphatic heterocycles. The number of fused-ring (bicyclic) bond motifs is 1. The Kier molecular flexibility index (Phi) is 8.68. The number of carbonyl (C=O) groups excluding carboxylic acids is 2. The number of carbonyl (C=O) groups is 2. The molecule has 2 heterocycles. The normalized spacial score (nSPS) is 14.0. The molecule has 8 nitrogen and oxygen atoms in total. The number of aromatic nitrogens is 3. The largest absolute Gasteiger partial charge is 0.483 e. The van der Waals surface area contributed by atoms with E-state index < -0.39 is 5.97 Å². The smallest absolute Gasteiger partial charge is 0.341 e. The lowest BCUT2D eigenvalue weighted by molar-refractivity contribution is -0.113. The van der Waals surface area contributed by atoms with E-state index in [0.29, 0.717) is 21.5 Å². The molecular weight excluding hydrogens is 496 g/mol. The van der Waals surface area contributed by atoms with Gasteiger partial charge in [-0.25, -0.2) is 4.79 Å². The number of thiophene rings is 1. The SMILES string of the molecule is CCc1ccc(OC(C)c2nnc(SCC(=O)Nc3sc4c(c3C(=O)OC)CCCCC4)n2C)cc1. The maximum absolute atomic E-state index is 12.8. The van der Waals surface area contributed by atoms with Gasteiger partial charge in [0.25, 0.3) is 0 Å². The second-order valence-electron chi connectivity index (χ2n) is 8.75. The molecule has 4 rings (SSSR count). The highest BCUT2D eigenvalue weighted by molar-refractivity contribution is 7.99. The van der Waals surface area contributed by atoms with Gasteiger partial charge in [-0.1, -0.05) is 37.2 Å². The van der Waals surface area contributed by atoms with Crippen LogP contribution in [0.25, 0.3) is 0 Å². The molecule has 0 radical (unpaired) electrons. The van der Waals surface area contributed by atoms with E-state index in [0.717, 1.165) is 49.8 Å². The van der Waals surface area contributed by atoms with E-state index in [1.165, 1.54) is 40.6 Å². The molecule has 1 aliphatic carbocycles. The fraction of sp³-hybridized carbons (Fsp3) is 0.462. The van der Waals surface area contributed by atoms with Crippen LogP contribution in [0.4, 0.5) is 5.00 Å². The van der Waals surface area contributed by atoms with E-state index in [1.54, 1.807) is 0 Å². The van der Waals surface area contributed by atoms with Crippen LogP contribution >= 0.6 is 23.1 Å². The zero-order valence-corrected chi connectivity index (χ0v) is 22.8. The first-order chi connectivity index (χ1) is 17.4. The highest BCUT2D eigenvalue weighted by Crippen LogP contribution is 2.38. The molecule has 2 aromatic heterocycles. The summed E-state index contributed by atoms with van der Waals surface area (Å²) in [7, 11) is 3.24. The van der Waals surface area contributed by atoms with E-state index >= 15 is 0 Å². The van der Waals surface area contributed by atoms with E-state index in [-0.39, 0.29) is 17.8 Å². The van der Waals surface area contributed by atoms with Gasteiger partial charge in [-0.05, 0) is 62.3 Å². The molecule has 1 aliphatic rings. The number of hydrogen-bond donors (Lipinski definition) is 1. The van der Waals surface area contributed by atoms with Gasteiger partial charge in [-0.15, -0.1) is 21.5 Å². The van der Waals surface area contributed by atoms with E-state index in [1.807, 2.05) is 30.7 Å². The number of aryl methyl sites for hydroxylation is 2. The predicted octanol–water partition coefficient (Wildman–Crippen LogP) is 5.37. The molecule has 0 saturated carbocycles. The summed E-state index contributed by atoms with van der Waals surface area (Å²) in [5.41, 5.74) is 2.79. The number of nitrogens with one attached hydrogen (secondary N) is 1. The molecule has 36 heavy (non-hydrogen) atoms. The van der Waals surface area contributed by atoms with Gasteiger partial charge in [0.15, 0.2) is 17.1 Å². The molecule has 10 heteroatoms. The standard InChI is InChI=1S/C26H32N4O4S2/c1-5-17-11-13-18(14-12-17)34-16(2)23-28-29-26(30(23)3)35-15-21(31)27-24-22(25(32)33-4)19-9-7-6-8-10-20(19)36-24/h11-14,16H,5-10,15H2,1-4H3,(H,27,31). The van der Waals surface area contributed by atoms with Crippen LogP contribution in [-0.2, 0) is 35.8 Å². The molecule has 1 N–H and O–H groups in total. The first-order valence-corrected chi connectivity index (χ1v) is 14.0. The molecule has 1 amide bonds. The van der Waals surface area contributed by atoms with Crippen molar-refractivity contribution in [2.24, 2.45) is 7.05 Å². The summed E-state index contributed by atoms with van der Waals surface area (Å²) in [6, 6.07) is 8.02. The zero-order chi connectivity index (χ0) is 25.7. The molecular formula is C26H32N4O4S2. The van der Waals surface area contributed by atoms with Crippen molar-refractivity contribution in [3.05, 3.63) is 51.7 Å². The third-order valence-corrected chi connectivity index (χ3v) is 8.50. The molecule has 3 aromatic rings. The van der Waals surface area contributed by atoms with Crippen molar-refractivity contribution in [1.82, 2.24) is 14.8 Å². The number of esters is 1. The van der Waals surface area contributed by atoms with Gasteiger partial charge in [-0.3, -0.25) is 4.79 Å². The van der Waals surface area contributed by atoms with Crippen LogP contribution in [0.3, 0.4) is 0 Å². The second kappa shape index (κ2) is 11.9. The van der Waals surface area contributed by atoms with E-state index in [9.17, 15) is 9.59 Å². The highest BCUT2D eigenvalue weighted by atomic mass is 32.2. The van der Waals surface area contributed by atoms with Gasteiger partial charge < -0.3 is 19.4 Å². The highest BCUT2D eigenvalue weighted by Gasteiger charge is 2.26. The van der Waals surface area contributed by atoms with Crippen molar-refractivity contribution in [1.29, 1.82) is 0 Å². The van der Waals surface area contributed by atoms with Crippen LogP contribution in [0, 0.1) is 0 Å². The zero-order valence-electron chi connectivity index (χ0n) is 21.1. The van der Waals surface area contributed by atoms with Crippen LogP contribution in [0.1, 0.15) is 71.4 Å². The Morgan fingerprint density at radius 3 is 2.64 bits per heavy atom. The molecule has 1 aromatic carbocycles. The first-order valence-electron chi connectivity index (χ1n) is 12.2. The van der Waals surface area contributed by atoms with Crippen molar-refractivity contribution < 1.29 is 19.1 Å². The van der Waals surface area contributed by atoms with Gasteiger partial charge >= 0.3 is 5.97 Å². The molecule has 1 atom stereocenters.